The molecule has 1 saturated heterocycles. The largest absolute Gasteiger partial charge is 0.496 e. The zero-order chi connectivity index (χ0) is 24.8. The molecule has 35 heavy (non-hydrogen) atoms. The third-order valence-corrected chi connectivity index (χ3v) is 6.85. The summed E-state index contributed by atoms with van der Waals surface area (Å²) in [4.78, 5) is 34.2. The van der Waals surface area contributed by atoms with Gasteiger partial charge >= 0.3 is 0 Å². The van der Waals surface area contributed by atoms with Crippen LogP contribution in [0.25, 0.3) is 10.2 Å². The van der Waals surface area contributed by atoms with Gasteiger partial charge < -0.3 is 19.3 Å². The SMILES string of the molecule is CCc1cc(C(=O)/C=C/N2CCN(C)CC2)c(OC)cc1OCC(=O)Nc1nc2ccccc2s1. The normalized spacial score (nSPS) is 14.4. The third kappa shape index (κ3) is 6.17. The fourth-order valence-electron chi connectivity index (χ4n) is 3.84. The van der Waals surface area contributed by atoms with E-state index in [-0.39, 0.29) is 18.3 Å². The van der Waals surface area contributed by atoms with Crippen LogP contribution in [-0.2, 0) is 11.2 Å². The van der Waals surface area contributed by atoms with E-state index in [9.17, 15) is 9.59 Å². The standard InChI is InChI=1S/C26H30N4O4S/c1-4-18-15-19(21(31)9-10-30-13-11-29(2)12-14-30)23(33-3)16-22(18)34-17-25(32)28-26-27-20-7-5-6-8-24(20)35-26/h5-10,15-16H,4,11-14,17H2,1-3H3,(H,27,28,32)/b10-9+. The molecule has 0 atom stereocenters. The summed E-state index contributed by atoms with van der Waals surface area (Å²) in [5.41, 5.74) is 2.14. The molecule has 0 unspecified atom stereocenters. The van der Waals surface area contributed by atoms with Crippen LogP contribution >= 0.6 is 11.3 Å². The number of para-hydroxylation sites is 1. The van der Waals surface area contributed by atoms with E-state index in [4.69, 9.17) is 9.47 Å². The topological polar surface area (TPSA) is 84.0 Å². The Morgan fingerprint density at radius 2 is 1.91 bits per heavy atom. The lowest BCUT2D eigenvalue weighted by Crippen LogP contribution is -2.41. The second-order valence-electron chi connectivity index (χ2n) is 8.36. The molecule has 0 bridgehead atoms. The summed E-state index contributed by atoms with van der Waals surface area (Å²) in [6, 6.07) is 11.2. The molecule has 0 radical (unpaired) electrons. The Morgan fingerprint density at radius 3 is 2.63 bits per heavy atom. The number of thiazole rings is 1. The summed E-state index contributed by atoms with van der Waals surface area (Å²) in [7, 11) is 3.61. The van der Waals surface area contributed by atoms with E-state index in [0.717, 1.165) is 42.0 Å². The Balaban J connectivity index is 1.42. The smallest absolute Gasteiger partial charge is 0.264 e. The van der Waals surface area contributed by atoms with Crippen molar-refractivity contribution in [3.8, 4) is 11.5 Å². The first-order chi connectivity index (χ1) is 17.0. The van der Waals surface area contributed by atoms with E-state index in [2.05, 4.69) is 27.1 Å². The molecule has 9 heteroatoms. The van der Waals surface area contributed by atoms with Gasteiger partial charge in [0.15, 0.2) is 17.5 Å². The third-order valence-electron chi connectivity index (χ3n) is 5.90. The first-order valence-corrected chi connectivity index (χ1v) is 12.4. The summed E-state index contributed by atoms with van der Waals surface area (Å²) >= 11 is 1.41. The van der Waals surface area contributed by atoms with Gasteiger partial charge in [0.2, 0.25) is 0 Å². The number of ketones is 1. The minimum Gasteiger partial charge on any atom is -0.496 e. The van der Waals surface area contributed by atoms with Gasteiger partial charge in [0.25, 0.3) is 5.91 Å². The lowest BCUT2D eigenvalue weighted by molar-refractivity contribution is -0.118. The maximum atomic E-state index is 12.9. The molecule has 3 aromatic rings. The quantitative estimate of drug-likeness (QED) is 0.358. The number of rotatable bonds is 9. The van der Waals surface area contributed by atoms with Crippen molar-refractivity contribution in [3.05, 3.63) is 59.8 Å². The van der Waals surface area contributed by atoms with Gasteiger partial charge in [0.05, 0.1) is 22.9 Å². The fraction of sp³-hybridized carbons (Fsp3) is 0.346. The Kier molecular flexibility index (Phi) is 7.99. The highest BCUT2D eigenvalue weighted by Gasteiger charge is 2.17. The van der Waals surface area contributed by atoms with Crippen molar-refractivity contribution in [3.63, 3.8) is 0 Å². The molecule has 1 fully saturated rings. The zero-order valence-electron chi connectivity index (χ0n) is 20.2. The minimum atomic E-state index is -0.305. The summed E-state index contributed by atoms with van der Waals surface area (Å²) in [6.45, 7) is 5.53. The van der Waals surface area contributed by atoms with Gasteiger partial charge in [-0.2, -0.15) is 0 Å². The lowest BCUT2D eigenvalue weighted by Gasteiger charge is -2.31. The summed E-state index contributed by atoms with van der Waals surface area (Å²) in [5, 5.41) is 3.32. The van der Waals surface area contributed by atoms with Crippen molar-refractivity contribution in [2.45, 2.75) is 13.3 Å². The monoisotopic (exact) mass is 494 g/mol. The zero-order valence-corrected chi connectivity index (χ0v) is 21.1. The van der Waals surface area contributed by atoms with Gasteiger partial charge in [-0.3, -0.25) is 14.9 Å². The number of hydrogen-bond acceptors (Lipinski definition) is 8. The average Bonchev–Trinajstić information content (AvgIpc) is 3.28. The molecule has 4 rings (SSSR count). The summed E-state index contributed by atoms with van der Waals surface area (Å²) in [6.07, 6.45) is 4.09. The fourth-order valence-corrected chi connectivity index (χ4v) is 4.72. The van der Waals surface area contributed by atoms with E-state index >= 15 is 0 Å². The number of likely N-dealkylation sites (N-methyl/N-ethyl adjacent to an activating group) is 1. The maximum absolute atomic E-state index is 12.9. The second kappa shape index (κ2) is 11.3. The molecule has 2 heterocycles. The number of ether oxygens (including phenoxy) is 2. The van der Waals surface area contributed by atoms with Gasteiger partial charge in [0.1, 0.15) is 11.5 Å². The van der Waals surface area contributed by atoms with Gasteiger partial charge in [-0.15, -0.1) is 0 Å². The van der Waals surface area contributed by atoms with Crippen molar-refractivity contribution in [2.24, 2.45) is 0 Å². The van der Waals surface area contributed by atoms with E-state index in [1.165, 1.54) is 18.4 Å². The predicted molar refractivity (Wildman–Crippen MR) is 139 cm³/mol. The highest BCUT2D eigenvalue weighted by atomic mass is 32.1. The number of piperazine rings is 1. The number of carbonyl (C=O) groups excluding carboxylic acids is 2. The van der Waals surface area contributed by atoms with Crippen LogP contribution in [0.5, 0.6) is 11.5 Å². The van der Waals surface area contributed by atoms with Crippen LogP contribution in [0.1, 0.15) is 22.8 Å². The number of fused-ring (bicyclic) bond motifs is 1. The number of carbonyl (C=O) groups is 2. The van der Waals surface area contributed by atoms with Crippen molar-refractivity contribution in [1.29, 1.82) is 0 Å². The van der Waals surface area contributed by atoms with E-state index in [1.807, 2.05) is 37.4 Å². The number of amides is 1. The number of methoxy groups -OCH3 is 1. The predicted octanol–water partition coefficient (Wildman–Crippen LogP) is 3.83. The number of allylic oxidation sites excluding steroid dienone is 1. The number of aryl methyl sites for hydroxylation is 1. The second-order valence-corrected chi connectivity index (χ2v) is 9.39. The average molecular weight is 495 g/mol. The number of nitrogens with zero attached hydrogens (tertiary/aromatic N) is 3. The van der Waals surface area contributed by atoms with Crippen LogP contribution in [0.4, 0.5) is 5.13 Å². The minimum absolute atomic E-state index is 0.129. The van der Waals surface area contributed by atoms with Crippen LogP contribution < -0.4 is 14.8 Å². The molecule has 1 aromatic heterocycles. The maximum Gasteiger partial charge on any atom is 0.264 e. The van der Waals surface area contributed by atoms with Gasteiger partial charge in [-0.1, -0.05) is 30.4 Å². The molecule has 1 aliphatic rings. The van der Waals surface area contributed by atoms with E-state index < -0.39 is 0 Å². The van der Waals surface area contributed by atoms with Crippen LogP contribution in [0, 0.1) is 0 Å². The summed E-state index contributed by atoms with van der Waals surface area (Å²) in [5.74, 6) is 0.496. The number of benzene rings is 2. The number of hydrogen-bond donors (Lipinski definition) is 1. The molecule has 184 valence electrons. The number of anilines is 1. The Morgan fingerprint density at radius 1 is 1.14 bits per heavy atom. The van der Waals surface area contributed by atoms with Gasteiger partial charge in [-0.25, -0.2) is 4.98 Å². The number of nitrogens with one attached hydrogen (secondary N) is 1. The Bertz CT molecular complexity index is 1200. The summed E-state index contributed by atoms with van der Waals surface area (Å²) < 4.78 is 12.3. The van der Waals surface area contributed by atoms with Crippen LogP contribution in [0.3, 0.4) is 0 Å². The Hall–Kier alpha value is -3.43. The highest BCUT2D eigenvalue weighted by Crippen LogP contribution is 2.31. The highest BCUT2D eigenvalue weighted by molar-refractivity contribution is 7.22. The van der Waals surface area contributed by atoms with Crippen molar-refractivity contribution < 1.29 is 19.1 Å². The van der Waals surface area contributed by atoms with E-state index in [0.29, 0.717) is 28.6 Å². The van der Waals surface area contributed by atoms with Crippen LogP contribution in [0.15, 0.2) is 48.7 Å². The first kappa shape index (κ1) is 24.7. The Labute approximate surface area is 209 Å². The van der Waals surface area contributed by atoms with Gasteiger partial charge in [0, 0.05) is 44.5 Å². The molecular weight excluding hydrogens is 464 g/mol. The molecule has 1 N–H and O–H groups in total. The molecule has 0 spiro atoms. The van der Waals surface area contributed by atoms with Crippen LogP contribution in [-0.4, -0.2) is 73.4 Å². The molecule has 8 nitrogen and oxygen atoms in total. The molecular formula is C26H30N4O4S. The molecule has 0 saturated carbocycles. The molecule has 0 aliphatic carbocycles. The lowest BCUT2D eigenvalue weighted by atomic mass is 10.0. The van der Waals surface area contributed by atoms with E-state index in [1.54, 1.807) is 18.2 Å². The molecule has 1 amide bonds. The van der Waals surface area contributed by atoms with Gasteiger partial charge in [-0.05, 0) is 37.2 Å². The molecule has 1 aliphatic heterocycles. The van der Waals surface area contributed by atoms with Crippen molar-refractivity contribution >= 4 is 38.4 Å². The van der Waals surface area contributed by atoms with Crippen molar-refractivity contribution in [1.82, 2.24) is 14.8 Å². The first-order valence-electron chi connectivity index (χ1n) is 11.6. The van der Waals surface area contributed by atoms with Crippen LogP contribution in [0.2, 0.25) is 0 Å². The van der Waals surface area contributed by atoms with Crippen molar-refractivity contribution in [2.75, 3.05) is 52.3 Å². The molecule has 2 aromatic carbocycles. The number of aromatic nitrogens is 1.